The lowest BCUT2D eigenvalue weighted by Crippen LogP contribution is -2.50. The molecule has 3 aromatic carbocycles. The number of benzene rings is 3. The highest BCUT2D eigenvalue weighted by molar-refractivity contribution is 5.80. The zero-order valence-electron chi connectivity index (χ0n) is 21.7. The van der Waals surface area contributed by atoms with Crippen molar-refractivity contribution in [1.82, 2.24) is 10.6 Å². The lowest BCUT2D eigenvalue weighted by atomic mass is 9.98. The summed E-state index contributed by atoms with van der Waals surface area (Å²) in [5.41, 5.74) is 5.10. The lowest BCUT2D eigenvalue weighted by molar-refractivity contribution is -0.308. The predicted molar refractivity (Wildman–Crippen MR) is 140 cm³/mol. The van der Waals surface area contributed by atoms with Crippen LogP contribution in [-0.4, -0.2) is 36.4 Å². The number of hydrogen-bond donors (Lipinski definition) is 2. The third kappa shape index (κ3) is 6.51. The summed E-state index contributed by atoms with van der Waals surface area (Å²) in [4.78, 5) is 36.4. The lowest BCUT2D eigenvalue weighted by Gasteiger charge is -2.25. The summed E-state index contributed by atoms with van der Waals surface area (Å²) >= 11 is 0. The SMILES string of the molecule is CC(C)(C)OC(=O)N[C@H](Cc1ccccc1CNC(=O)OCC1c2ccccc2-c2ccccc21)C(=O)[O-]. The van der Waals surface area contributed by atoms with Crippen LogP contribution < -0.4 is 15.7 Å². The molecule has 1 atom stereocenters. The van der Waals surface area contributed by atoms with E-state index in [1.54, 1.807) is 45.0 Å². The van der Waals surface area contributed by atoms with E-state index in [1.807, 2.05) is 24.3 Å². The number of hydrogen-bond acceptors (Lipinski definition) is 6. The fourth-order valence-electron chi connectivity index (χ4n) is 4.61. The first kappa shape index (κ1) is 26.7. The van der Waals surface area contributed by atoms with Gasteiger partial charge in [0.15, 0.2) is 0 Å². The highest BCUT2D eigenvalue weighted by Gasteiger charge is 2.29. The summed E-state index contributed by atoms with van der Waals surface area (Å²) in [6.45, 7) is 5.37. The van der Waals surface area contributed by atoms with Gasteiger partial charge in [-0.3, -0.25) is 0 Å². The summed E-state index contributed by atoms with van der Waals surface area (Å²) in [5, 5.41) is 16.8. The van der Waals surface area contributed by atoms with Crippen LogP contribution in [0.3, 0.4) is 0 Å². The molecule has 198 valence electrons. The minimum absolute atomic E-state index is 0.0376. The first-order valence-electron chi connectivity index (χ1n) is 12.5. The van der Waals surface area contributed by atoms with Crippen molar-refractivity contribution in [3.63, 3.8) is 0 Å². The topological polar surface area (TPSA) is 117 Å². The van der Waals surface area contributed by atoms with Crippen LogP contribution in [0.4, 0.5) is 9.59 Å². The maximum atomic E-state index is 12.6. The van der Waals surface area contributed by atoms with Gasteiger partial charge in [-0.05, 0) is 60.6 Å². The van der Waals surface area contributed by atoms with Gasteiger partial charge in [0.05, 0.1) is 12.0 Å². The van der Waals surface area contributed by atoms with Crippen LogP contribution in [0.5, 0.6) is 0 Å². The molecule has 0 saturated heterocycles. The Labute approximate surface area is 222 Å². The van der Waals surface area contributed by atoms with Crippen LogP contribution in [0, 0.1) is 0 Å². The number of rotatable bonds is 8. The van der Waals surface area contributed by atoms with Gasteiger partial charge < -0.3 is 30.0 Å². The normalized spacial score (nSPS) is 13.1. The van der Waals surface area contributed by atoms with Gasteiger partial charge >= 0.3 is 12.2 Å². The van der Waals surface area contributed by atoms with Crippen molar-refractivity contribution in [1.29, 1.82) is 0 Å². The number of aliphatic carboxylic acids is 1. The summed E-state index contributed by atoms with van der Waals surface area (Å²) in [6, 6.07) is 21.9. The standard InChI is InChI=1S/C30H32N2O6/c1-30(2,3)38-29(36)32-26(27(33)34)16-19-10-4-5-11-20(19)17-31-28(35)37-18-25-23-14-8-6-12-21(23)22-13-7-9-15-24(22)25/h4-15,25-26H,16-18H2,1-3H3,(H,31,35)(H,32,36)(H,33,34)/p-1/t26-/m1/s1. The van der Waals surface area contributed by atoms with E-state index in [1.165, 1.54) is 0 Å². The van der Waals surface area contributed by atoms with E-state index < -0.39 is 29.8 Å². The second-order valence-electron chi connectivity index (χ2n) is 10.2. The number of ether oxygens (including phenoxy) is 2. The Morgan fingerprint density at radius 1 is 0.842 bits per heavy atom. The Morgan fingerprint density at radius 2 is 1.39 bits per heavy atom. The van der Waals surface area contributed by atoms with E-state index >= 15 is 0 Å². The van der Waals surface area contributed by atoms with Crippen molar-refractivity contribution >= 4 is 18.2 Å². The number of alkyl carbamates (subject to hydrolysis) is 2. The minimum Gasteiger partial charge on any atom is -0.548 e. The van der Waals surface area contributed by atoms with Crippen LogP contribution >= 0.6 is 0 Å². The minimum atomic E-state index is -1.44. The second-order valence-corrected chi connectivity index (χ2v) is 10.2. The molecule has 0 radical (unpaired) electrons. The van der Waals surface area contributed by atoms with Crippen LogP contribution in [-0.2, 0) is 27.2 Å². The average molecular weight is 516 g/mol. The fraction of sp³-hybridized carbons (Fsp3) is 0.300. The Morgan fingerprint density at radius 3 is 1.97 bits per heavy atom. The van der Waals surface area contributed by atoms with Gasteiger partial charge in [0.2, 0.25) is 0 Å². The second kappa shape index (κ2) is 11.4. The summed E-state index contributed by atoms with van der Waals surface area (Å²) < 4.78 is 10.8. The zero-order chi connectivity index (χ0) is 27.3. The molecule has 8 heteroatoms. The number of carboxylic acids is 1. The number of carbonyl (C=O) groups excluding carboxylic acids is 3. The highest BCUT2D eigenvalue weighted by atomic mass is 16.6. The fourth-order valence-corrected chi connectivity index (χ4v) is 4.61. The smallest absolute Gasteiger partial charge is 0.408 e. The van der Waals surface area contributed by atoms with Gasteiger partial charge in [0, 0.05) is 12.5 Å². The van der Waals surface area contributed by atoms with E-state index in [9.17, 15) is 19.5 Å². The van der Waals surface area contributed by atoms with Crippen molar-refractivity contribution in [2.24, 2.45) is 0 Å². The average Bonchev–Trinajstić information content (AvgIpc) is 3.19. The summed E-state index contributed by atoms with van der Waals surface area (Å²) in [5.74, 6) is -1.49. The highest BCUT2D eigenvalue weighted by Crippen LogP contribution is 2.44. The van der Waals surface area contributed by atoms with E-state index in [2.05, 4.69) is 34.9 Å². The van der Waals surface area contributed by atoms with Gasteiger partial charge in [0.25, 0.3) is 0 Å². The van der Waals surface area contributed by atoms with E-state index in [0.29, 0.717) is 11.1 Å². The molecule has 1 aliphatic rings. The van der Waals surface area contributed by atoms with Crippen molar-refractivity contribution in [3.05, 3.63) is 95.1 Å². The molecule has 0 aromatic heterocycles. The molecular formula is C30H31N2O6-. The molecule has 2 amide bonds. The Hall–Kier alpha value is -4.33. The summed E-state index contributed by atoms with van der Waals surface area (Å²) in [6.07, 6.45) is -1.46. The number of carbonyl (C=O) groups is 3. The van der Waals surface area contributed by atoms with Crippen molar-refractivity contribution in [2.75, 3.05) is 6.61 Å². The molecular weight excluding hydrogens is 484 g/mol. The quantitative estimate of drug-likeness (QED) is 0.470. The zero-order valence-corrected chi connectivity index (χ0v) is 21.7. The molecule has 1 aliphatic carbocycles. The number of amides is 2. The number of carboxylic acid groups (broad SMARTS) is 1. The number of fused-ring (bicyclic) bond motifs is 3. The Kier molecular flexibility index (Phi) is 8.00. The van der Waals surface area contributed by atoms with Crippen LogP contribution in [0.1, 0.15) is 48.9 Å². The Balaban J connectivity index is 1.36. The molecule has 0 aliphatic heterocycles. The molecule has 3 aromatic rings. The van der Waals surface area contributed by atoms with E-state index in [-0.39, 0.29) is 25.5 Å². The first-order valence-corrected chi connectivity index (χ1v) is 12.5. The van der Waals surface area contributed by atoms with Crippen LogP contribution in [0.2, 0.25) is 0 Å². The van der Waals surface area contributed by atoms with Gasteiger partial charge in [0.1, 0.15) is 12.2 Å². The largest absolute Gasteiger partial charge is 0.548 e. The van der Waals surface area contributed by atoms with Gasteiger partial charge in [-0.15, -0.1) is 0 Å². The first-order chi connectivity index (χ1) is 18.1. The molecule has 0 spiro atoms. The van der Waals surface area contributed by atoms with Gasteiger partial charge in [-0.1, -0.05) is 72.8 Å². The maximum Gasteiger partial charge on any atom is 0.408 e. The molecule has 0 fully saturated rings. The molecule has 0 bridgehead atoms. The van der Waals surface area contributed by atoms with E-state index in [0.717, 1.165) is 22.3 Å². The van der Waals surface area contributed by atoms with Crippen LogP contribution in [0.15, 0.2) is 72.8 Å². The van der Waals surface area contributed by atoms with E-state index in [4.69, 9.17) is 9.47 Å². The number of nitrogens with one attached hydrogen (secondary N) is 2. The molecule has 8 nitrogen and oxygen atoms in total. The van der Waals surface area contributed by atoms with Gasteiger partial charge in [-0.2, -0.15) is 0 Å². The predicted octanol–water partition coefficient (Wildman–Crippen LogP) is 3.91. The molecule has 0 unspecified atom stereocenters. The maximum absolute atomic E-state index is 12.6. The van der Waals surface area contributed by atoms with Crippen LogP contribution in [0.25, 0.3) is 11.1 Å². The third-order valence-corrected chi connectivity index (χ3v) is 6.28. The molecule has 0 heterocycles. The molecule has 38 heavy (non-hydrogen) atoms. The third-order valence-electron chi connectivity index (χ3n) is 6.28. The summed E-state index contributed by atoms with van der Waals surface area (Å²) in [7, 11) is 0. The molecule has 4 rings (SSSR count). The monoisotopic (exact) mass is 515 g/mol. The van der Waals surface area contributed by atoms with Crippen molar-refractivity contribution < 1.29 is 29.0 Å². The van der Waals surface area contributed by atoms with Crippen molar-refractivity contribution in [3.8, 4) is 11.1 Å². The molecule has 2 N–H and O–H groups in total. The van der Waals surface area contributed by atoms with Crippen molar-refractivity contribution in [2.45, 2.75) is 51.3 Å². The Bertz CT molecular complexity index is 1280. The molecule has 0 saturated carbocycles. The van der Waals surface area contributed by atoms with Gasteiger partial charge in [-0.25, -0.2) is 9.59 Å².